The Balaban J connectivity index is 4.92. The summed E-state index contributed by atoms with van der Waals surface area (Å²) in [5, 5.41) is 0. The SMILES string of the molecule is C=CC(C)C(CCC)(CCC)OC(CC)O[SiH3]. The van der Waals surface area contributed by atoms with Gasteiger partial charge in [0.2, 0.25) is 0 Å². The number of hydrogen-bond donors (Lipinski definition) is 0. The molecule has 0 aromatic heterocycles. The summed E-state index contributed by atoms with van der Waals surface area (Å²) in [6, 6.07) is 0. The Morgan fingerprint density at radius 2 is 1.76 bits per heavy atom. The third-order valence-electron chi connectivity index (χ3n) is 3.49. The van der Waals surface area contributed by atoms with Crippen LogP contribution in [0.25, 0.3) is 0 Å². The second-order valence-corrected chi connectivity index (χ2v) is 5.25. The third-order valence-corrected chi connectivity index (χ3v) is 4.02. The zero-order valence-corrected chi connectivity index (χ0v) is 14.3. The summed E-state index contributed by atoms with van der Waals surface area (Å²) in [5.41, 5.74) is -0.0870. The Morgan fingerprint density at radius 3 is 2.06 bits per heavy atom. The minimum absolute atomic E-state index is 0.0397. The van der Waals surface area contributed by atoms with E-state index in [1.807, 2.05) is 6.08 Å². The van der Waals surface area contributed by atoms with Gasteiger partial charge in [0.25, 0.3) is 0 Å². The molecule has 0 N–H and O–H groups in total. The van der Waals surface area contributed by atoms with Gasteiger partial charge in [0.1, 0.15) is 16.8 Å². The van der Waals surface area contributed by atoms with Gasteiger partial charge in [-0.15, -0.1) is 6.58 Å². The fourth-order valence-electron chi connectivity index (χ4n) is 2.43. The van der Waals surface area contributed by atoms with Crippen molar-refractivity contribution in [1.29, 1.82) is 0 Å². The van der Waals surface area contributed by atoms with Crippen molar-refractivity contribution in [2.75, 3.05) is 0 Å². The maximum absolute atomic E-state index is 6.31. The van der Waals surface area contributed by atoms with Crippen molar-refractivity contribution >= 4 is 10.5 Å². The highest BCUT2D eigenvalue weighted by atomic mass is 28.2. The monoisotopic (exact) mass is 258 g/mol. The fourth-order valence-corrected chi connectivity index (χ4v) is 2.86. The first-order chi connectivity index (χ1) is 8.10. The average Bonchev–Trinajstić information content (AvgIpc) is 2.35. The molecule has 0 aromatic rings. The lowest BCUT2D eigenvalue weighted by Crippen LogP contribution is -2.42. The molecule has 0 radical (unpaired) electrons. The fraction of sp³-hybridized carbons (Fsp3) is 0.857. The summed E-state index contributed by atoms with van der Waals surface area (Å²) >= 11 is 0. The number of rotatable bonds is 10. The van der Waals surface area contributed by atoms with E-state index in [0.717, 1.165) is 42.6 Å². The van der Waals surface area contributed by atoms with E-state index in [0.29, 0.717) is 5.92 Å². The molecule has 0 heterocycles. The van der Waals surface area contributed by atoms with E-state index in [1.165, 1.54) is 0 Å². The zero-order chi connectivity index (χ0) is 13.3. The third kappa shape index (κ3) is 4.94. The topological polar surface area (TPSA) is 18.5 Å². The van der Waals surface area contributed by atoms with E-state index in [-0.39, 0.29) is 11.9 Å². The summed E-state index contributed by atoms with van der Waals surface area (Å²) in [6.45, 7) is 12.7. The highest BCUT2D eigenvalue weighted by molar-refractivity contribution is 5.98. The molecule has 0 rings (SSSR count). The molecule has 0 saturated carbocycles. The van der Waals surface area contributed by atoms with E-state index in [2.05, 4.69) is 34.3 Å². The smallest absolute Gasteiger partial charge is 0.149 e. The van der Waals surface area contributed by atoms with Gasteiger partial charge in [0, 0.05) is 5.92 Å². The molecule has 2 atom stereocenters. The van der Waals surface area contributed by atoms with Crippen LogP contribution in [0.15, 0.2) is 12.7 Å². The largest absolute Gasteiger partial charge is 0.404 e. The van der Waals surface area contributed by atoms with Gasteiger partial charge in [0.15, 0.2) is 0 Å². The van der Waals surface area contributed by atoms with E-state index in [1.54, 1.807) is 0 Å². The van der Waals surface area contributed by atoms with Crippen LogP contribution in [0.2, 0.25) is 0 Å². The molecule has 0 bridgehead atoms. The summed E-state index contributed by atoms with van der Waals surface area (Å²) in [4.78, 5) is 0. The van der Waals surface area contributed by atoms with Crippen LogP contribution in [-0.4, -0.2) is 22.4 Å². The molecule has 0 spiro atoms. The molecule has 102 valence electrons. The highest BCUT2D eigenvalue weighted by Crippen LogP contribution is 2.35. The second kappa shape index (κ2) is 8.89. The van der Waals surface area contributed by atoms with Crippen molar-refractivity contribution in [3.63, 3.8) is 0 Å². The van der Waals surface area contributed by atoms with Gasteiger partial charge >= 0.3 is 0 Å². The molecule has 0 aromatic carbocycles. The van der Waals surface area contributed by atoms with Crippen LogP contribution in [0, 0.1) is 5.92 Å². The lowest BCUT2D eigenvalue weighted by Gasteiger charge is -2.40. The minimum atomic E-state index is -0.0870. The molecule has 2 unspecified atom stereocenters. The minimum Gasteiger partial charge on any atom is -0.404 e. The van der Waals surface area contributed by atoms with Gasteiger partial charge in [-0.05, 0) is 19.3 Å². The second-order valence-electron chi connectivity index (χ2n) is 4.78. The van der Waals surface area contributed by atoms with Gasteiger partial charge < -0.3 is 9.16 Å². The Hall–Kier alpha value is -0.123. The molecule has 3 heteroatoms. The first kappa shape index (κ1) is 16.9. The molecule has 0 aliphatic heterocycles. The van der Waals surface area contributed by atoms with Crippen molar-refractivity contribution in [3.8, 4) is 0 Å². The summed E-state index contributed by atoms with van der Waals surface area (Å²) < 4.78 is 11.8. The van der Waals surface area contributed by atoms with E-state index < -0.39 is 0 Å². The first-order valence-corrected chi connectivity index (χ1v) is 7.74. The van der Waals surface area contributed by atoms with Crippen molar-refractivity contribution in [2.45, 2.75) is 71.7 Å². The van der Waals surface area contributed by atoms with Crippen LogP contribution < -0.4 is 0 Å². The molecule has 17 heavy (non-hydrogen) atoms. The van der Waals surface area contributed by atoms with E-state index in [9.17, 15) is 0 Å². The van der Waals surface area contributed by atoms with E-state index >= 15 is 0 Å². The predicted molar refractivity (Wildman–Crippen MR) is 78.1 cm³/mol. The van der Waals surface area contributed by atoms with Gasteiger partial charge in [-0.2, -0.15) is 0 Å². The maximum Gasteiger partial charge on any atom is 0.149 e. The van der Waals surface area contributed by atoms with Crippen molar-refractivity contribution in [3.05, 3.63) is 12.7 Å². The lowest BCUT2D eigenvalue weighted by atomic mass is 9.81. The first-order valence-electron chi connectivity index (χ1n) is 6.93. The Labute approximate surface area is 110 Å². The maximum atomic E-state index is 6.31. The van der Waals surface area contributed by atoms with Crippen LogP contribution in [0.3, 0.4) is 0 Å². The van der Waals surface area contributed by atoms with Gasteiger partial charge in [-0.3, -0.25) is 0 Å². The standard InChI is InChI=1S/C14H30O2Si/c1-6-10-14(11-7-2,12(5)8-3)15-13(9-4)16-17/h8,12-13H,3,6-7,9-11H2,1-2,4-5,17H3. The molecule has 0 aliphatic carbocycles. The zero-order valence-electron chi connectivity index (χ0n) is 12.3. The molecule has 0 aliphatic rings. The Bertz CT molecular complexity index is 196. The summed E-state index contributed by atoms with van der Waals surface area (Å²) in [7, 11) is 0.730. The van der Waals surface area contributed by atoms with Crippen LogP contribution in [0.5, 0.6) is 0 Å². The average molecular weight is 258 g/mol. The van der Waals surface area contributed by atoms with E-state index in [4.69, 9.17) is 9.16 Å². The van der Waals surface area contributed by atoms with Crippen LogP contribution >= 0.6 is 0 Å². The molecule has 0 amide bonds. The van der Waals surface area contributed by atoms with Crippen LogP contribution in [0.4, 0.5) is 0 Å². The van der Waals surface area contributed by atoms with Crippen LogP contribution in [0.1, 0.15) is 59.8 Å². The molecular weight excluding hydrogens is 228 g/mol. The van der Waals surface area contributed by atoms with Crippen LogP contribution in [-0.2, 0) is 9.16 Å². The Morgan fingerprint density at radius 1 is 1.24 bits per heavy atom. The quantitative estimate of drug-likeness (QED) is 0.340. The van der Waals surface area contributed by atoms with Gasteiger partial charge in [-0.25, -0.2) is 0 Å². The van der Waals surface area contributed by atoms with Crippen molar-refractivity contribution in [2.24, 2.45) is 5.92 Å². The number of hydrogen-bond acceptors (Lipinski definition) is 2. The number of ether oxygens (including phenoxy) is 1. The highest BCUT2D eigenvalue weighted by Gasteiger charge is 2.36. The van der Waals surface area contributed by atoms with Gasteiger partial charge in [-0.1, -0.05) is 46.6 Å². The Kier molecular flexibility index (Phi) is 8.83. The predicted octanol–water partition coefficient (Wildman–Crippen LogP) is 3.20. The van der Waals surface area contributed by atoms with Crippen molar-refractivity contribution in [1.82, 2.24) is 0 Å². The lowest BCUT2D eigenvalue weighted by molar-refractivity contribution is -0.192. The molecule has 0 saturated heterocycles. The van der Waals surface area contributed by atoms with Gasteiger partial charge in [0.05, 0.1) is 5.60 Å². The molecule has 0 fully saturated rings. The molecular formula is C14H30O2Si. The van der Waals surface area contributed by atoms with Crippen molar-refractivity contribution < 1.29 is 9.16 Å². The molecule has 2 nitrogen and oxygen atoms in total. The normalized spacial score (nSPS) is 15.8. The summed E-state index contributed by atoms with van der Waals surface area (Å²) in [6.07, 6.45) is 7.33. The summed E-state index contributed by atoms with van der Waals surface area (Å²) in [5.74, 6) is 0.369.